The summed E-state index contributed by atoms with van der Waals surface area (Å²) in [6.07, 6.45) is 0.773. The van der Waals surface area contributed by atoms with Gasteiger partial charge in [-0.3, -0.25) is 9.59 Å². The number of nitrogens with zero attached hydrogens (tertiary/aromatic N) is 1. The fourth-order valence-electron chi connectivity index (χ4n) is 3.31. The zero-order valence-corrected chi connectivity index (χ0v) is 20.9. The number of amides is 3. The van der Waals surface area contributed by atoms with Gasteiger partial charge in [-0.1, -0.05) is 31.5 Å². The molecular weight excluding hydrogens is 446 g/mol. The fourth-order valence-corrected chi connectivity index (χ4v) is 3.55. The van der Waals surface area contributed by atoms with Crippen molar-refractivity contribution >= 4 is 30.5 Å². The first kappa shape index (κ1) is 28.6. The van der Waals surface area contributed by atoms with E-state index >= 15 is 0 Å². The molecule has 10 heteroatoms. The Kier molecular flexibility index (Phi) is 11.5. The van der Waals surface area contributed by atoms with Crippen LogP contribution in [-0.2, 0) is 14.3 Å². The monoisotopic (exact) mass is 483 g/mol. The molecule has 0 bridgehead atoms. The number of carbonyl (C=O) groups excluding carboxylic acids is 3. The smallest absolute Gasteiger partial charge is 0.408 e. The van der Waals surface area contributed by atoms with Crippen molar-refractivity contribution in [2.24, 2.45) is 0 Å². The van der Waals surface area contributed by atoms with Gasteiger partial charge in [0.1, 0.15) is 23.4 Å². The Hall–Kier alpha value is -2.46. The number of ether oxygens (including phenoxy) is 1. The van der Waals surface area contributed by atoms with Gasteiger partial charge in [0.25, 0.3) is 0 Å². The van der Waals surface area contributed by atoms with E-state index in [4.69, 9.17) is 4.74 Å². The van der Waals surface area contributed by atoms with Gasteiger partial charge < -0.3 is 30.5 Å². The summed E-state index contributed by atoms with van der Waals surface area (Å²) in [5.41, 5.74) is -0.567. The van der Waals surface area contributed by atoms with E-state index in [-0.39, 0.29) is 29.7 Å². The predicted molar refractivity (Wildman–Crippen MR) is 129 cm³/mol. The summed E-state index contributed by atoms with van der Waals surface area (Å²) in [7, 11) is 0. The molecule has 186 valence electrons. The molecule has 0 heterocycles. The maximum absolute atomic E-state index is 13.4. The average Bonchev–Trinajstić information content (AvgIpc) is 2.71. The highest BCUT2D eigenvalue weighted by Crippen LogP contribution is 2.29. The predicted octanol–water partition coefficient (Wildman–Crippen LogP) is 2.38. The number of hydrogen-bond donors (Lipinski definition) is 5. The second kappa shape index (κ2) is 13.3. The molecule has 0 fully saturated rings. The Labute approximate surface area is 201 Å². The third-order valence-corrected chi connectivity index (χ3v) is 5.06. The van der Waals surface area contributed by atoms with Crippen molar-refractivity contribution in [2.75, 3.05) is 18.9 Å². The van der Waals surface area contributed by atoms with Crippen LogP contribution in [-0.4, -0.2) is 69.6 Å². The molecule has 1 rings (SSSR count). The second-order valence-electron chi connectivity index (χ2n) is 8.80. The van der Waals surface area contributed by atoms with Gasteiger partial charge in [0.2, 0.25) is 11.8 Å². The highest BCUT2D eigenvalue weighted by Gasteiger charge is 2.37. The van der Waals surface area contributed by atoms with E-state index in [9.17, 15) is 24.6 Å². The summed E-state index contributed by atoms with van der Waals surface area (Å²) in [5, 5.41) is 25.5. The van der Waals surface area contributed by atoms with Gasteiger partial charge in [-0.2, -0.15) is 12.6 Å². The van der Waals surface area contributed by atoms with E-state index < -0.39 is 42.2 Å². The lowest BCUT2D eigenvalue weighted by Crippen LogP contribution is -2.55. The van der Waals surface area contributed by atoms with Gasteiger partial charge >= 0.3 is 6.09 Å². The van der Waals surface area contributed by atoms with Crippen LogP contribution >= 0.6 is 12.6 Å². The molecule has 1 aromatic rings. The van der Waals surface area contributed by atoms with E-state index in [0.29, 0.717) is 0 Å². The van der Waals surface area contributed by atoms with E-state index in [1.807, 2.05) is 13.8 Å². The minimum absolute atomic E-state index is 0.0681. The summed E-state index contributed by atoms with van der Waals surface area (Å²) >= 11 is 4.18. The maximum Gasteiger partial charge on any atom is 0.408 e. The van der Waals surface area contributed by atoms with E-state index in [1.54, 1.807) is 39.0 Å². The number of hydrogen-bond acceptors (Lipinski definition) is 7. The second-order valence-corrected chi connectivity index (χ2v) is 9.16. The zero-order valence-electron chi connectivity index (χ0n) is 20.0. The van der Waals surface area contributed by atoms with Crippen molar-refractivity contribution in [2.45, 2.75) is 71.2 Å². The number of carbonyl (C=O) groups is 3. The SMILES string of the molecule is CCCC(C)NC(=O)C(c1ccccc1O)N(CCO)C(=O)C(CS)NC(=O)OC(C)(C)C. The van der Waals surface area contributed by atoms with Crippen LogP contribution in [0.15, 0.2) is 24.3 Å². The van der Waals surface area contributed by atoms with Crippen LogP contribution in [0.2, 0.25) is 0 Å². The van der Waals surface area contributed by atoms with Crippen molar-refractivity contribution in [1.29, 1.82) is 0 Å². The first-order chi connectivity index (χ1) is 15.4. The summed E-state index contributed by atoms with van der Waals surface area (Å²) in [6, 6.07) is 3.69. The minimum atomic E-state index is -1.23. The number of phenolic OH excluding ortho intramolecular Hbond substituents is 1. The lowest BCUT2D eigenvalue weighted by Gasteiger charge is -2.34. The quantitative estimate of drug-likeness (QED) is 0.308. The van der Waals surface area contributed by atoms with Crippen LogP contribution in [0, 0.1) is 0 Å². The number of aromatic hydroxyl groups is 1. The number of rotatable bonds is 11. The Morgan fingerprint density at radius 1 is 1.18 bits per heavy atom. The number of thiol groups is 1. The van der Waals surface area contributed by atoms with Gasteiger partial charge in [-0.25, -0.2) is 4.79 Å². The molecule has 0 aliphatic carbocycles. The summed E-state index contributed by atoms with van der Waals surface area (Å²) < 4.78 is 5.23. The molecule has 3 atom stereocenters. The minimum Gasteiger partial charge on any atom is -0.508 e. The van der Waals surface area contributed by atoms with Crippen LogP contribution in [0.4, 0.5) is 4.79 Å². The number of aliphatic hydroxyl groups excluding tert-OH is 1. The lowest BCUT2D eigenvalue weighted by atomic mass is 10.0. The van der Waals surface area contributed by atoms with Gasteiger partial charge in [0, 0.05) is 23.9 Å². The third-order valence-electron chi connectivity index (χ3n) is 4.70. The molecule has 0 saturated heterocycles. The Bertz CT molecular complexity index is 799. The number of phenols is 1. The summed E-state index contributed by atoms with van der Waals surface area (Å²) in [6.45, 7) is 8.29. The number of benzene rings is 1. The maximum atomic E-state index is 13.4. The molecule has 0 spiro atoms. The van der Waals surface area contributed by atoms with Gasteiger partial charge in [-0.05, 0) is 40.2 Å². The molecule has 0 radical (unpaired) electrons. The van der Waals surface area contributed by atoms with Crippen molar-refractivity contribution < 1.29 is 29.3 Å². The molecule has 0 aliphatic heterocycles. The summed E-state index contributed by atoms with van der Waals surface area (Å²) in [5.74, 6) is -1.38. The lowest BCUT2D eigenvalue weighted by molar-refractivity contribution is -0.143. The standard InChI is InChI=1S/C23H37N3O6S/c1-6-9-15(2)24-20(29)19(16-10-7-8-11-18(16)28)26(12-13-27)21(30)17(14-33)25-22(31)32-23(3,4)5/h7-8,10-11,15,17,19,27-28,33H,6,9,12-14H2,1-5H3,(H,24,29)(H,25,31). The fraction of sp³-hybridized carbons (Fsp3) is 0.609. The Morgan fingerprint density at radius 3 is 2.33 bits per heavy atom. The number of aliphatic hydroxyl groups is 1. The van der Waals surface area contributed by atoms with Crippen molar-refractivity contribution in [3.05, 3.63) is 29.8 Å². The third kappa shape index (κ3) is 9.13. The average molecular weight is 484 g/mol. The van der Waals surface area contributed by atoms with Crippen LogP contribution in [0.25, 0.3) is 0 Å². The number of nitrogens with one attached hydrogen (secondary N) is 2. The van der Waals surface area contributed by atoms with Crippen LogP contribution in [0.1, 0.15) is 59.1 Å². The molecular formula is C23H37N3O6S. The molecule has 1 aromatic carbocycles. The first-order valence-electron chi connectivity index (χ1n) is 11.0. The molecule has 0 aliphatic rings. The largest absolute Gasteiger partial charge is 0.508 e. The van der Waals surface area contributed by atoms with Crippen LogP contribution in [0.3, 0.4) is 0 Å². The van der Waals surface area contributed by atoms with Crippen LogP contribution < -0.4 is 10.6 Å². The molecule has 9 nitrogen and oxygen atoms in total. The Morgan fingerprint density at radius 2 is 1.82 bits per heavy atom. The molecule has 0 saturated carbocycles. The van der Waals surface area contributed by atoms with Crippen molar-refractivity contribution in [1.82, 2.24) is 15.5 Å². The van der Waals surface area contributed by atoms with Gasteiger partial charge in [-0.15, -0.1) is 0 Å². The van der Waals surface area contributed by atoms with Crippen LogP contribution in [0.5, 0.6) is 5.75 Å². The molecule has 0 aromatic heterocycles. The van der Waals surface area contributed by atoms with Gasteiger partial charge in [0.15, 0.2) is 0 Å². The van der Waals surface area contributed by atoms with Crippen molar-refractivity contribution in [3.63, 3.8) is 0 Å². The first-order valence-corrected chi connectivity index (χ1v) is 11.7. The van der Waals surface area contributed by atoms with E-state index in [2.05, 4.69) is 23.3 Å². The van der Waals surface area contributed by atoms with Gasteiger partial charge in [0.05, 0.1) is 6.61 Å². The number of para-hydroxylation sites is 1. The van der Waals surface area contributed by atoms with E-state index in [1.165, 1.54) is 6.07 Å². The normalized spacial score (nSPS) is 14.0. The van der Waals surface area contributed by atoms with E-state index in [0.717, 1.165) is 17.7 Å². The molecule has 3 amide bonds. The highest BCUT2D eigenvalue weighted by atomic mass is 32.1. The molecule has 33 heavy (non-hydrogen) atoms. The topological polar surface area (TPSA) is 128 Å². The summed E-state index contributed by atoms with van der Waals surface area (Å²) in [4.78, 5) is 40.1. The number of alkyl carbamates (subject to hydrolysis) is 1. The highest BCUT2D eigenvalue weighted by molar-refractivity contribution is 7.80. The zero-order chi connectivity index (χ0) is 25.2. The van der Waals surface area contributed by atoms with Crippen molar-refractivity contribution in [3.8, 4) is 5.75 Å². The molecule has 3 unspecified atom stereocenters. The Balaban J connectivity index is 3.33. The molecule has 4 N–H and O–H groups in total.